The first-order valence-corrected chi connectivity index (χ1v) is 7.71. The van der Waals surface area contributed by atoms with Gasteiger partial charge in [-0.05, 0) is 12.5 Å². The van der Waals surface area contributed by atoms with Crippen molar-refractivity contribution >= 4 is 11.8 Å². The molecule has 1 unspecified atom stereocenters. The summed E-state index contributed by atoms with van der Waals surface area (Å²) in [4.78, 5) is 2.13. The van der Waals surface area contributed by atoms with Crippen molar-refractivity contribution in [2.24, 2.45) is 0 Å². The summed E-state index contributed by atoms with van der Waals surface area (Å²) in [5, 5.41) is 16.2. The molecule has 0 aromatic carbocycles. The van der Waals surface area contributed by atoms with Crippen LogP contribution in [0.15, 0.2) is 11.1 Å². The molecule has 4 nitrogen and oxygen atoms in total. The maximum atomic E-state index is 12.4. The number of hydrogen-bond donors (Lipinski definition) is 0. The molecular formula is C14H21FN4S. The van der Waals surface area contributed by atoms with Crippen LogP contribution >= 0.6 is 11.8 Å². The first-order valence-electron chi connectivity index (χ1n) is 6.90. The summed E-state index contributed by atoms with van der Waals surface area (Å²) in [6.45, 7) is 8.40. The molecule has 20 heavy (non-hydrogen) atoms. The zero-order chi connectivity index (χ0) is 14.8. The van der Waals surface area contributed by atoms with E-state index in [-0.39, 0.29) is 18.1 Å². The van der Waals surface area contributed by atoms with E-state index in [4.69, 9.17) is 5.26 Å². The molecule has 1 atom stereocenters. The Morgan fingerprint density at radius 3 is 2.90 bits per heavy atom. The summed E-state index contributed by atoms with van der Waals surface area (Å²) < 4.78 is 14.5. The van der Waals surface area contributed by atoms with Crippen LogP contribution < -0.4 is 0 Å². The Labute approximate surface area is 123 Å². The Hall–Kier alpha value is -1.06. The Kier molecular flexibility index (Phi) is 4.71. The molecular weight excluding hydrogens is 275 g/mol. The molecule has 1 aromatic rings. The van der Waals surface area contributed by atoms with Crippen LogP contribution in [0.3, 0.4) is 0 Å². The second-order valence-electron chi connectivity index (χ2n) is 6.19. The first kappa shape index (κ1) is 15.3. The molecule has 2 heterocycles. The first-order chi connectivity index (χ1) is 9.45. The zero-order valence-corrected chi connectivity index (χ0v) is 13.1. The summed E-state index contributed by atoms with van der Waals surface area (Å²) >= 11 is 1.10. The number of thioether (sulfide) groups is 1. The van der Waals surface area contributed by atoms with Gasteiger partial charge in [-0.2, -0.15) is 10.4 Å². The van der Waals surface area contributed by atoms with Gasteiger partial charge in [0, 0.05) is 42.5 Å². The molecule has 0 amide bonds. The summed E-state index contributed by atoms with van der Waals surface area (Å²) in [6, 6.07) is 2.29. The van der Waals surface area contributed by atoms with Gasteiger partial charge in [0.05, 0.1) is 6.04 Å². The van der Waals surface area contributed by atoms with Gasteiger partial charge >= 0.3 is 0 Å². The number of aromatic nitrogens is 2. The van der Waals surface area contributed by atoms with Crippen LogP contribution in [0.1, 0.15) is 38.9 Å². The lowest BCUT2D eigenvalue weighted by Crippen LogP contribution is -2.26. The van der Waals surface area contributed by atoms with Gasteiger partial charge in [-0.15, -0.1) is 0 Å². The Morgan fingerprint density at radius 2 is 2.30 bits per heavy atom. The third-order valence-corrected chi connectivity index (χ3v) is 4.13. The molecule has 1 aromatic heterocycles. The summed E-state index contributed by atoms with van der Waals surface area (Å²) in [7, 11) is 0. The number of nitrogens with zero attached hydrogens (tertiary/aromatic N) is 4. The highest BCUT2D eigenvalue weighted by molar-refractivity contribution is 8.03. The van der Waals surface area contributed by atoms with Crippen LogP contribution in [-0.4, -0.2) is 41.0 Å². The fourth-order valence-electron chi connectivity index (χ4n) is 2.64. The molecule has 6 heteroatoms. The second-order valence-corrected chi connectivity index (χ2v) is 6.99. The van der Waals surface area contributed by atoms with Gasteiger partial charge in [-0.1, -0.05) is 20.8 Å². The third-order valence-electron chi connectivity index (χ3n) is 3.63. The van der Waals surface area contributed by atoms with Crippen molar-refractivity contribution < 1.29 is 4.39 Å². The van der Waals surface area contributed by atoms with Crippen molar-refractivity contribution in [3.8, 4) is 5.40 Å². The van der Waals surface area contributed by atoms with Crippen molar-refractivity contribution in [3.05, 3.63) is 11.8 Å². The van der Waals surface area contributed by atoms with Gasteiger partial charge in [0.1, 0.15) is 17.1 Å². The molecule has 0 radical (unpaired) electrons. The van der Waals surface area contributed by atoms with E-state index in [9.17, 15) is 4.39 Å². The number of nitriles is 1. The molecule has 1 aliphatic rings. The van der Waals surface area contributed by atoms with Gasteiger partial charge in [-0.25, -0.2) is 4.39 Å². The Morgan fingerprint density at radius 1 is 1.55 bits per heavy atom. The van der Waals surface area contributed by atoms with Crippen LogP contribution in [-0.2, 0) is 5.41 Å². The van der Waals surface area contributed by atoms with E-state index in [1.165, 1.54) is 0 Å². The van der Waals surface area contributed by atoms with E-state index in [0.29, 0.717) is 6.54 Å². The molecule has 1 aliphatic heterocycles. The zero-order valence-electron chi connectivity index (χ0n) is 12.3. The minimum Gasteiger partial charge on any atom is -0.299 e. The number of hydrogen-bond acceptors (Lipinski definition) is 4. The lowest BCUT2D eigenvalue weighted by molar-refractivity contribution is 0.281. The van der Waals surface area contributed by atoms with Crippen LogP contribution in [0.5, 0.6) is 0 Å². The van der Waals surface area contributed by atoms with E-state index < -0.39 is 0 Å². The van der Waals surface area contributed by atoms with Gasteiger partial charge in [0.2, 0.25) is 0 Å². The van der Waals surface area contributed by atoms with E-state index in [0.717, 1.165) is 42.0 Å². The van der Waals surface area contributed by atoms with Crippen molar-refractivity contribution in [1.29, 1.82) is 5.26 Å². The predicted octanol–water partition coefficient (Wildman–Crippen LogP) is 2.97. The van der Waals surface area contributed by atoms with Crippen LogP contribution in [0, 0.1) is 10.7 Å². The van der Waals surface area contributed by atoms with E-state index in [2.05, 4.69) is 40.9 Å². The molecule has 0 N–H and O–H groups in total. The number of alkyl halides is 1. The highest BCUT2D eigenvalue weighted by Crippen LogP contribution is 2.32. The average molecular weight is 296 g/mol. The number of thiocyanates is 1. The number of likely N-dealkylation sites (tertiary alicyclic amines) is 1. The van der Waals surface area contributed by atoms with Gasteiger partial charge in [0.15, 0.2) is 0 Å². The standard InChI is InChI=1S/C14H21FN4S/c1-14(2,3)12-8-13(20-10-16)17-19(12)11-4-6-18(9-11)7-5-15/h8,11H,4-7,9H2,1-3H3. The van der Waals surface area contributed by atoms with Gasteiger partial charge in [-0.3, -0.25) is 9.58 Å². The summed E-state index contributed by atoms with van der Waals surface area (Å²) in [5.41, 5.74) is 1.12. The quantitative estimate of drug-likeness (QED) is 0.633. The largest absolute Gasteiger partial charge is 0.299 e. The predicted molar refractivity (Wildman–Crippen MR) is 78.5 cm³/mol. The molecule has 0 aliphatic carbocycles. The third kappa shape index (κ3) is 3.33. The maximum absolute atomic E-state index is 12.4. The van der Waals surface area contributed by atoms with Crippen molar-refractivity contribution in [2.45, 2.75) is 43.7 Å². The average Bonchev–Trinajstić information content (AvgIpc) is 2.95. The lowest BCUT2D eigenvalue weighted by Gasteiger charge is -2.23. The highest BCUT2D eigenvalue weighted by Gasteiger charge is 2.30. The molecule has 0 bridgehead atoms. The Bertz CT molecular complexity index is 500. The lowest BCUT2D eigenvalue weighted by atomic mass is 9.92. The van der Waals surface area contributed by atoms with Crippen molar-refractivity contribution in [1.82, 2.24) is 14.7 Å². The van der Waals surface area contributed by atoms with Crippen molar-refractivity contribution in [3.63, 3.8) is 0 Å². The molecule has 1 saturated heterocycles. The monoisotopic (exact) mass is 296 g/mol. The number of halogens is 1. The highest BCUT2D eigenvalue weighted by atomic mass is 32.2. The molecule has 1 fully saturated rings. The van der Waals surface area contributed by atoms with Crippen molar-refractivity contribution in [2.75, 3.05) is 26.3 Å². The fourth-order valence-corrected chi connectivity index (χ4v) is 3.03. The van der Waals surface area contributed by atoms with E-state index in [1.807, 2.05) is 6.07 Å². The molecule has 110 valence electrons. The topological polar surface area (TPSA) is 44.9 Å². The molecule has 0 saturated carbocycles. The minimum absolute atomic E-state index is 0.0191. The Balaban J connectivity index is 2.24. The number of rotatable bonds is 4. The van der Waals surface area contributed by atoms with E-state index >= 15 is 0 Å². The SMILES string of the molecule is CC(C)(C)c1cc(SC#N)nn1C1CCN(CCF)C1. The molecule has 2 rings (SSSR count). The van der Waals surface area contributed by atoms with Crippen LogP contribution in [0.4, 0.5) is 4.39 Å². The smallest absolute Gasteiger partial charge is 0.140 e. The summed E-state index contributed by atoms with van der Waals surface area (Å²) in [5.74, 6) is 0. The van der Waals surface area contributed by atoms with Crippen LogP contribution in [0.2, 0.25) is 0 Å². The van der Waals surface area contributed by atoms with Gasteiger partial charge < -0.3 is 0 Å². The second kappa shape index (κ2) is 6.15. The van der Waals surface area contributed by atoms with Crippen LogP contribution in [0.25, 0.3) is 0 Å². The fraction of sp³-hybridized carbons (Fsp3) is 0.714. The summed E-state index contributed by atoms with van der Waals surface area (Å²) in [6.07, 6.45) is 0.988. The minimum atomic E-state index is -0.298. The molecule has 0 spiro atoms. The van der Waals surface area contributed by atoms with E-state index in [1.54, 1.807) is 0 Å². The maximum Gasteiger partial charge on any atom is 0.140 e. The van der Waals surface area contributed by atoms with Gasteiger partial charge in [0.25, 0.3) is 0 Å². The normalized spacial score (nSPS) is 20.2.